The molecule has 1 saturated heterocycles. The van der Waals surface area contributed by atoms with E-state index < -0.39 is 17.7 Å². The third kappa shape index (κ3) is 4.07. The maximum absolute atomic E-state index is 13.0. The Morgan fingerprint density at radius 3 is 2.45 bits per heavy atom. The number of amides is 1. The van der Waals surface area contributed by atoms with Crippen LogP contribution in [0.15, 0.2) is 77.2 Å². The Bertz CT molecular complexity index is 1100. The van der Waals surface area contributed by atoms with Gasteiger partial charge in [-0.2, -0.15) is 0 Å². The second-order valence-corrected chi connectivity index (χ2v) is 7.49. The summed E-state index contributed by atoms with van der Waals surface area (Å²) in [5.74, 6) is -0.662. The Morgan fingerprint density at radius 1 is 1.13 bits per heavy atom. The lowest BCUT2D eigenvalue weighted by Crippen LogP contribution is -2.29. The summed E-state index contributed by atoms with van der Waals surface area (Å²) in [6.07, 6.45) is 4.72. The van der Waals surface area contributed by atoms with E-state index in [4.69, 9.17) is 9.15 Å². The smallest absolute Gasteiger partial charge is 0.296 e. The first-order valence-electron chi connectivity index (χ1n) is 9.93. The molecule has 0 bridgehead atoms. The van der Waals surface area contributed by atoms with Crippen LogP contribution < -0.4 is 4.74 Å². The van der Waals surface area contributed by atoms with Gasteiger partial charge in [0, 0.05) is 24.5 Å². The molecule has 2 aromatic heterocycles. The second kappa shape index (κ2) is 8.47. The molecule has 7 heteroatoms. The van der Waals surface area contributed by atoms with Crippen molar-refractivity contribution in [2.45, 2.75) is 32.5 Å². The molecule has 0 saturated carbocycles. The standard InChI is InChI=1S/C24H22N2O5/c1-15(2)31-18-7-5-17(6-8-18)22(27)20-21(19-4-3-13-30-19)26(24(29)23(20)28)14-16-9-11-25-12-10-16/h3-13,15,21,27H,14H2,1-2H3/b22-20-. The molecule has 0 aliphatic carbocycles. The zero-order valence-corrected chi connectivity index (χ0v) is 17.2. The van der Waals surface area contributed by atoms with E-state index in [1.807, 2.05) is 13.8 Å². The quantitative estimate of drug-likeness (QED) is 0.368. The normalized spacial score (nSPS) is 18.0. The van der Waals surface area contributed by atoms with Crippen LogP contribution in [-0.4, -0.2) is 32.8 Å². The number of rotatable bonds is 6. The lowest BCUT2D eigenvalue weighted by Gasteiger charge is -2.23. The first-order chi connectivity index (χ1) is 15.0. The zero-order valence-electron chi connectivity index (χ0n) is 17.2. The number of benzene rings is 1. The molecule has 1 atom stereocenters. The van der Waals surface area contributed by atoms with Gasteiger partial charge < -0.3 is 19.2 Å². The maximum atomic E-state index is 13.0. The molecule has 1 fully saturated rings. The topological polar surface area (TPSA) is 92.9 Å². The van der Waals surface area contributed by atoms with E-state index in [1.54, 1.807) is 60.9 Å². The third-order valence-corrected chi connectivity index (χ3v) is 4.95. The molecular weight excluding hydrogens is 396 g/mol. The summed E-state index contributed by atoms with van der Waals surface area (Å²) in [5, 5.41) is 11.0. The van der Waals surface area contributed by atoms with Crippen LogP contribution in [0.1, 0.15) is 36.8 Å². The van der Waals surface area contributed by atoms with Gasteiger partial charge in [-0.25, -0.2) is 0 Å². The van der Waals surface area contributed by atoms with E-state index in [2.05, 4.69) is 4.98 Å². The number of aliphatic hydroxyl groups excluding tert-OH is 1. The van der Waals surface area contributed by atoms with Crippen molar-refractivity contribution in [3.63, 3.8) is 0 Å². The first-order valence-corrected chi connectivity index (χ1v) is 9.93. The van der Waals surface area contributed by atoms with Gasteiger partial charge in [0.05, 0.1) is 17.9 Å². The van der Waals surface area contributed by atoms with Crippen molar-refractivity contribution >= 4 is 17.4 Å². The minimum Gasteiger partial charge on any atom is -0.507 e. The van der Waals surface area contributed by atoms with Gasteiger partial charge in [0.15, 0.2) is 0 Å². The molecule has 31 heavy (non-hydrogen) atoms. The van der Waals surface area contributed by atoms with Gasteiger partial charge in [0.1, 0.15) is 23.3 Å². The van der Waals surface area contributed by atoms with Gasteiger partial charge in [0.25, 0.3) is 11.7 Å². The zero-order chi connectivity index (χ0) is 22.0. The van der Waals surface area contributed by atoms with E-state index >= 15 is 0 Å². The maximum Gasteiger partial charge on any atom is 0.296 e. The molecule has 3 heterocycles. The van der Waals surface area contributed by atoms with Crippen LogP contribution in [0.3, 0.4) is 0 Å². The van der Waals surface area contributed by atoms with Crippen molar-refractivity contribution in [2.75, 3.05) is 0 Å². The van der Waals surface area contributed by atoms with E-state index in [-0.39, 0.29) is 24.0 Å². The second-order valence-electron chi connectivity index (χ2n) is 7.49. The Balaban J connectivity index is 1.76. The molecule has 0 spiro atoms. The van der Waals surface area contributed by atoms with Crippen molar-refractivity contribution in [3.8, 4) is 5.75 Å². The van der Waals surface area contributed by atoms with Crippen LogP contribution in [0.25, 0.3) is 5.76 Å². The van der Waals surface area contributed by atoms with Crippen LogP contribution >= 0.6 is 0 Å². The molecule has 4 rings (SSSR count). The Morgan fingerprint density at radius 2 is 1.84 bits per heavy atom. The van der Waals surface area contributed by atoms with Gasteiger partial charge in [0.2, 0.25) is 0 Å². The third-order valence-electron chi connectivity index (χ3n) is 4.95. The number of ether oxygens (including phenoxy) is 1. The summed E-state index contributed by atoms with van der Waals surface area (Å²) in [7, 11) is 0. The van der Waals surface area contributed by atoms with Gasteiger partial charge in [-0.1, -0.05) is 0 Å². The molecule has 158 valence electrons. The van der Waals surface area contributed by atoms with E-state index in [0.29, 0.717) is 17.1 Å². The van der Waals surface area contributed by atoms with Crippen LogP contribution in [0.5, 0.6) is 5.75 Å². The lowest BCUT2D eigenvalue weighted by atomic mass is 9.99. The summed E-state index contributed by atoms with van der Waals surface area (Å²) >= 11 is 0. The molecule has 1 aliphatic rings. The number of aromatic nitrogens is 1. The SMILES string of the molecule is CC(C)Oc1ccc(/C(O)=C2/C(=O)C(=O)N(Cc3ccncc3)C2c2ccco2)cc1. The molecule has 1 N–H and O–H groups in total. The summed E-state index contributed by atoms with van der Waals surface area (Å²) < 4.78 is 11.2. The van der Waals surface area contributed by atoms with Crippen molar-refractivity contribution in [1.29, 1.82) is 0 Å². The van der Waals surface area contributed by atoms with Crippen molar-refractivity contribution in [2.24, 2.45) is 0 Å². The fourth-order valence-corrected chi connectivity index (χ4v) is 3.59. The van der Waals surface area contributed by atoms with E-state index in [0.717, 1.165) is 5.56 Å². The molecule has 1 amide bonds. The molecule has 0 radical (unpaired) electrons. The van der Waals surface area contributed by atoms with Crippen LogP contribution in [0, 0.1) is 0 Å². The number of carbonyl (C=O) groups excluding carboxylic acids is 2. The van der Waals surface area contributed by atoms with Crippen LogP contribution in [0.4, 0.5) is 0 Å². The predicted molar refractivity (Wildman–Crippen MR) is 113 cm³/mol. The number of furan rings is 1. The summed E-state index contributed by atoms with van der Waals surface area (Å²) in [6, 6.07) is 12.8. The number of aliphatic hydroxyl groups is 1. The predicted octanol–water partition coefficient (Wildman–Crippen LogP) is 4.08. The highest BCUT2D eigenvalue weighted by Crippen LogP contribution is 2.40. The number of nitrogens with zero attached hydrogens (tertiary/aromatic N) is 2. The van der Waals surface area contributed by atoms with Crippen molar-refractivity contribution < 1.29 is 23.8 Å². The minimum absolute atomic E-state index is 0.00784. The Kier molecular flexibility index (Phi) is 5.58. The molecular formula is C24H22N2O5. The molecule has 7 nitrogen and oxygen atoms in total. The van der Waals surface area contributed by atoms with E-state index in [1.165, 1.54) is 11.2 Å². The van der Waals surface area contributed by atoms with Crippen molar-refractivity contribution in [1.82, 2.24) is 9.88 Å². The number of likely N-dealkylation sites (tertiary alicyclic amines) is 1. The summed E-state index contributed by atoms with van der Waals surface area (Å²) in [4.78, 5) is 31.2. The molecule has 1 unspecified atom stereocenters. The fraction of sp³-hybridized carbons (Fsp3) is 0.208. The Hall–Kier alpha value is -3.87. The lowest BCUT2D eigenvalue weighted by molar-refractivity contribution is -0.140. The monoisotopic (exact) mass is 418 g/mol. The van der Waals surface area contributed by atoms with E-state index in [9.17, 15) is 14.7 Å². The minimum atomic E-state index is -0.838. The van der Waals surface area contributed by atoms with Crippen LogP contribution in [0.2, 0.25) is 0 Å². The fourth-order valence-electron chi connectivity index (χ4n) is 3.59. The number of ketones is 1. The van der Waals surface area contributed by atoms with Gasteiger partial charge in [-0.3, -0.25) is 14.6 Å². The average Bonchev–Trinajstić information content (AvgIpc) is 3.37. The van der Waals surface area contributed by atoms with Crippen LogP contribution in [-0.2, 0) is 16.1 Å². The number of Topliss-reactive ketones (excluding diaryl/α,β-unsaturated/α-hetero) is 1. The summed E-state index contributed by atoms with van der Waals surface area (Å²) in [6.45, 7) is 4.01. The number of hydrogen-bond acceptors (Lipinski definition) is 6. The number of hydrogen-bond donors (Lipinski definition) is 1. The molecule has 1 aliphatic heterocycles. The van der Waals surface area contributed by atoms with Crippen molar-refractivity contribution in [3.05, 3.63) is 89.6 Å². The van der Waals surface area contributed by atoms with Gasteiger partial charge in [-0.15, -0.1) is 0 Å². The summed E-state index contributed by atoms with van der Waals surface area (Å²) in [5.41, 5.74) is 1.21. The first kappa shape index (κ1) is 20.4. The Labute approximate surface area is 179 Å². The number of pyridine rings is 1. The highest BCUT2D eigenvalue weighted by Gasteiger charge is 2.47. The number of carbonyl (C=O) groups is 2. The van der Waals surface area contributed by atoms with Gasteiger partial charge in [-0.05, 0) is 67.9 Å². The van der Waals surface area contributed by atoms with Gasteiger partial charge >= 0.3 is 0 Å². The molecule has 1 aromatic carbocycles. The largest absolute Gasteiger partial charge is 0.507 e. The molecule has 3 aromatic rings. The highest BCUT2D eigenvalue weighted by atomic mass is 16.5. The average molecular weight is 418 g/mol. The highest BCUT2D eigenvalue weighted by molar-refractivity contribution is 6.46.